The first-order chi connectivity index (χ1) is 11.7. The number of aromatic nitrogens is 1. The molecule has 0 aliphatic heterocycles. The average Bonchev–Trinajstić information content (AvgIpc) is 2.91. The van der Waals surface area contributed by atoms with Gasteiger partial charge in [-0.05, 0) is 43.0 Å². The van der Waals surface area contributed by atoms with Crippen molar-refractivity contribution < 1.29 is 9.21 Å². The van der Waals surface area contributed by atoms with E-state index in [1.54, 1.807) is 22.4 Å². The van der Waals surface area contributed by atoms with E-state index in [9.17, 15) is 9.59 Å². The van der Waals surface area contributed by atoms with E-state index in [1.165, 1.54) is 0 Å². The summed E-state index contributed by atoms with van der Waals surface area (Å²) in [6.45, 7) is 0.452. The normalized spacial score (nSPS) is 10.9. The fourth-order valence-corrected chi connectivity index (χ4v) is 3.01. The van der Waals surface area contributed by atoms with Crippen LogP contribution in [0.4, 0.5) is 5.69 Å². The van der Waals surface area contributed by atoms with Crippen molar-refractivity contribution in [2.75, 3.05) is 11.6 Å². The van der Waals surface area contributed by atoms with E-state index in [-0.39, 0.29) is 11.7 Å². The van der Waals surface area contributed by atoms with Crippen molar-refractivity contribution in [3.05, 3.63) is 59.1 Å². The van der Waals surface area contributed by atoms with E-state index < -0.39 is 0 Å². The first-order valence-corrected chi connectivity index (χ1v) is 8.92. The molecule has 0 unspecified atom stereocenters. The van der Waals surface area contributed by atoms with Gasteiger partial charge in [-0.15, -0.1) is 11.8 Å². The van der Waals surface area contributed by atoms with Gasteiger partial charge >= 0.3 is 5.76 Å². The molecule has 0 bridgehead atoms. The lowest BCUT2D eigenvalue weighted by Crippen LogP contribution is -2.17. The van der Waals surface area contributed by atoms with Gasteiger partial charge in [-0.25, -0.2) is 4.79 Å². The number of amides is 1. The number of hydrogen-bond acceptors (Lipinski definition) is 4. The first kappa shape index (κ1) is 16.4. The molecule has 0 saturated carbocycles. The van der Waals surface area contributed by atoms with Crippen molar-refractivity contribution in [2.24, 2.45) is 0 Å². The van der Waals surface area contributed by atoms with Crippen LogP contribution in [0.2, 0.25) is 0 Å². The van der Waals surface area contributed by atoms with Crippen LogP contribution in [0.3, 0.4) is 0 Å². The number of nitrogens with one attached hydrogen (secondary N) is 1. The number of benzene rings is 2. The number of thioether (sulfide) groups is 1. The predicted octanol–water partition coefficient (Wildman–Crippen LogP) is 3.74. The van der Waals surface area contributed by atoms with Gasteiger partial charge in [-0.1, -0.05) is 18.2 Å². The van der Waals surface area contributed by atoms with E-state index in [4.69, 9.17) is 4.42 Å². The summed E-state index contributed by atoms with van der Waals surface area (Å²) in [5.74, 6) is -0.446. The maximum Gasteiger partial charge on any atom is 0.419 e. The molecule has 1 amide bonds. The largest absolute Gasteiger partial charge is 0.419 e. The summed E-state index contributed by atoms with van der Waals surface area (Å²) in [5, 5.41) is 2.89. The minimum absolute atomic E-state index is 0.0610. The molecule has 1 aromatic heterocycles. The number of fused-ring (bicyclic) bond motifs is 1. The Morgan fingerprint density at radius 1 is 1.21 bits per heavy atom. The molecular formula is C18H18N2O3S. The Morgan fingerprint density at radius 3 is 2.88 bits per heavy atom. The zero-order chi connectivity index (χ0) is 16.9. The van der Waals surface area contributed by atoms with Crippen LogP contribution >= 0.6 is 11.8 Å². The van der Waals surface area contributed by atoms with Gasteiger partial charge in [0.1, 0.15) is 0 Å². The number of aryl methyl sites for hydroxylation is 1. The smallest absolute Gasteiger partial charge is 0.408 e. The molecule has 0 spiro atoms. The zero-order valence-electron chi connectivity index (χ0n) is 13.3. The topological polar surface area (TPSA) is 64.2 Å². The summed E-state index contributed by atoms with van der Waals surface area (Å²) in [4.78, 5) is 25.0. The SMILES string of the molecule is CSc1cccc(NC(=O)CCCn2c(=O)oc3ccccc32)c1. The molecule has 5 nitrogen and oxygen atoms in total. The van der Waals surface area contributed by atoms with Crippen molar-refractivity contribution in [3.63, 3.8) is 0 Å². The van der Waals surface area contributed by atoms with Crippen LogP contribution in [0.15, 0.2) is 62.6 Å². The maximum atomic E-state index is 12.1. The summed E-state index contributed by atoms with van der Waals surface area (Å²) in [5.41, 5.74) is 2.12. The Hall–Kier alpha value is -2.47. The Morgan fingerprint density at radius 2 is 2.04 bits per heavy atom. The van der Waals surface area contributed by atoms with Crippen LogP contribution in [0, 0.1) is 0 Å². The van der Waals surface area contributed by atoms with Gasteiger partial charge < -0.3 is 9.73 Å². The number of hydrogen-bond donors (Lipinski definition) is 1. The van der Waals surface area contributed by atoms with Crippen LogP contribution in [0.25, 0.3) is 11.1 Å². The molecular weight excluding hydrogens is 324 g/mol. The molecule has 3 rings (SSSR count). The third-order valence-corrected chi connectivity index (χ3v) is 4.44. The number of anilines is 1. The van der Waals surface area contributed by atoms with Gasteiger partial charge in [-0.3, -0.25) is 9.36 Å². The van der Waals surface area contributed by atoms with Crippen LogP contribution < -0.4 is 11.1 Å². The zero-order valence-corrected chi connectivity index (χ0v) is 14.1. The Bertz CT molecular complexity index is 914. The minimum Gasteiger partial charge on any atom is -0.408 e. The second kappa shape index (κ2) is 7.40. The monoisotopic (exact) mass is 342 g/mol. The quantitative estimate of drug-likeness (QED) is 0.693. The Balaban J connectivity index is 1.58. The van der Waals surface area contributed by atoms with Gasteiger partial charge in [0.05, 0.1) is 5.52 Å². The lowest BCUT2D eigenvalue weighted by molar-refractivity contribution is -0.116. The van der Waals surface area contributed by atoms with Crippen LogP contribution in [-0.2, 0) is 11.3 Å². The number of carbonyl (C=O) groups excluding carboxylic acids is 1. The first-order valence-electron chi connectivity index (χ1n) is 7.69. The fraction of sp³-hybridized carbons (Fsp3) is 0.222. The molecule has 0 saturated heterocycles. The second-order valence-corrected chi connectivity index (χ2v) is 6.25. The molecule has 0 fully saturated rings. The Labute approximate surface area is 143 Å². The van der Waals surface area contributed by atoms with Gasteiger partial charge in [0.25, 0.3) is 0 Å². The molecule has 1 N–H and O–H groups in total. The van der Waals surface area contributed by atoms with Gasteiger partial charge in [0.2, 0.25) is 5.91 Å². The number of rotatable bonds is 6. The van der Waals surface area contributed by atoms with Crippen molar-refractivity contribution in [1.29, 1.82) is 0 Å². The summed E-state index contributed by atoms with van der Waals surface area (Å²) in [6, 6.07) is 15.0. The van der Waals surface area contributed by atoms with Gasteiger partial charge in [-0.2, -0.15) is 0 Å². The highest BCUT2D eigenvalue weighted by Crippen LogP contribution is 2.19. The molecule has 0 aliphatic rings. The number of carbonyl (C=O) groups is 1. The number of oxazole rings is 1. The van der Waals surface area contributed by atoms with Gasteiger partial charge in [0, 0.05) is 23.5 Å². The van der Waals surface area contributed by atoms with E-state index in [0.717, 1.165) is 16.1 Å². The molecule has 2 aromatic carbocycles. The molecule has 24 heavy (non-hydrogen) atoms. The molecule has 6 heteroatoms. The van der Waals surface area contributed by atoms with E-state index in [0.29, 0.717) is 25.0 Å². The fourth-order valence-electron chi connectivity index (χ4n) is 2.55. The summed E-state index contributed by atoms with van der Waals surface area (Å²) >= 11 is 1.63. The van der Waals surface area contributed by atoms with Crippen molar-refractivity contribution in [3.8, 4) is 0 Å². The minimum atomic E-state index is -0.385. The molecule has 0 aliphatic carbocycles. The molecule has 0 atom stereocenters. The number of para-hydroxylation sites is 2. The lowest BCUT2D eigenvalue weighted by Gasteiger charge is -2.07. The van der Waals surface area contributed by atoms with Crippen LogP contribution in [0.5, 0.6) is 0 Å². The maximum absolute atomic E-state index is 12.1. The highest BCUT2D eigenvalue weighted by atomic mass is 32.2. The summed E-state index contributed by atoms with van der Waals surface area (Å²) in [7, 11) is 0. The predicted molar refractivity (Wildman–Crippen MR) is 96.6 cm³/mol. The molecule has 3 aromatic rings. The lowest BCUT2D eigenvalue weighted by atomic mass is 10.2. The molecule has 124 valence electrons. The second-order valence-electron chi connectivity index (χ2n) is 5.37. The number of nitrogens with zero attached hydrogens (tertiary/aromatic N) is 1. The van der Waals surface area contributed by atoms with Gasteiger partial charge in [0.15, 0.2) is 5.58 Å². The third kappa shape index (κ3) is 3.71. The molecule has 1 heterocycles. The van der Waals surface area contributed by atoms with E-state index in [2.05, 4.69) is 5.32 Å². The van der Waals surface area contributed by atoms with Crippen LogP contribution in [0.1, 0.15) is 12.8 Å². The van der Waals surface area contributed by atoms with E-state index in [1.807, 2.05) is 48.7 Å². The Kier molecular flexibility index (Phi) is 5.05. The third-order valence-electron chi connectivity index (χ3n) is 3.71. The standard InChI is InChI=1S/C18H18N2O3S/c1-24-14-7-4-6-13(12-14)19-17(21)10-5-11-20-15-8-2-3-9-16(15)23-18(20)22/h2-4,6-9,12H,5,10-11H2,1H3,(H,19,21). The highest BCUT2D eigenvalue weighted by Gasteiger charge is 2.09. The van der Waals surface area contributed by atoms with E-state index >= 15 is 0 Å². The summed E-state index contributed by atoms with van der Waals surface area (Å²) < 4.78 is 6.75. The van der Waals surface area contributed by atoms with Crippen molar-refractivity contribution >= 4 is 34.5 Å². The van der Waals surface area contributed by atoms with Crippen molar-refractivity contribution in [1.82, 2.24) is 4.57 Å². The summed E-state index contributed by atoms with van der Waals surface area (Å²) in [6.07, 6.45) is 2.90. The molecule has 0 radical (unpaired) electrons. The van der Waals surface area contributed by atoms with Crippen molar-refractivity contribution in [2.45, 2.75) is 24.3 Å². The van der Waals surface area contributed by atoms with Crippen LogP contribution in [-0.4, -0.2) is 16.7 Å². The highest BCUT2D eigenvalue weighted by molar-refractivity contribution is 7.98. The average molecular weight is 342 g/mol.